The highest BCUT2D eigenvalue weighted by atomic mass is 35.5. The molecule has 0 atom stereocenters. The molecule has 0 unspecified atom stereocenters. The number of aliphatic imine (C=N–C) groups is 1. The van der Waals surface area contributed by atoms with Gasteiger partial charge in [0.2, 0.25) is 0 Å². The molecule has 0 saturated heterocycles. The second kappa shape index (κ2) is 3.12. The molecule has 0 radical (unpaired) electrons. The van der Waals surface area contributed by atoms with E-state index < -0.39 is 5.91 Å². The first kappa shape index (κ1) is 9.77. The summed E-state index contributed by atoms with van der Waals surface area (Å²) in [5, 5.41) is 0.671. The van der Waals surface area contributed by atoms with E-state index >= 15 is 0 Å². The van der Waals surface area contributed by atoms with Gasteiger partial charge in [-0.05, 0) is 6.07 Å². The van der Waals surface area contributed by atoms with E-state index in [1.807, 2.05) is 0 Å². The number of amides is 1. The van der Waals surface area contributed by atoms with Crippen LogP contribution in [0.5, 0.6) is 0 Å². The average molecular weight is 249 g/mol. The maximum Gasteiger partial charge on any atom is 0.281 e. The fourth-order valence-corrected chi connectivity index (χ4v) is 2.06. The molecule has 0 aliphatic carbocycles. The number of rotatable bonds is 0. The number of benzene rings is 1. The highest BCUT2D eigenvalue weighted by molar-refractivity contribution is 6.47. The summed E-state index contributed by atoms with van der Waals surface area (Å²) in [6, 6.07) is 1.40. The van der Waals surface area contributed by atoms with Crippen molar-refractivity contribution >= 4 is 46.5 Å². The SMILES string of the molecule is NC1=NC(=O)c2c(Cl)cc(Cl)c(Cl)c21. The Labute approximate surface area is 94.5 Å². The van der Waals surface area contributed by atoms with Gasteiger partial charge in [-0.2, -0.15) is 4.99 Å². The highest BCUT2D eigenvalue weighted by Crippen LogP contribution is 2.36. The van der Waals surface area contributed by atoms with E-state index in [9.17, 15) is 4.79 Å². The lowest BCUT2D eigenvalue weighted by Gasteiger charge is -2.05. The summed E-state index contributed by atoms with van der Waals surface area (Å²) in [6.07, 6.45) is 0. The lowest BCUT2D eigenvalue weighted by atomic mass is 10.1. The van der Waals surface area contributed by atoms with E-state index in [-0.39, 0.29) is 26.5 Å². The molecule has 1 aromatic rings. The van der Waals surface area contributed by atoms with E-state index in [1.54, 1.807) is 0 Å². The molecule has 0 aromatic heterocycles. The van der Waals surface area contributed by atoms with Crippen LogP contribution in [0.2, 0.25) is 15.1 Å². The summed E-state index contributed by atoms with van der Waals surface area (Å²) in [5.74, 6) is -0.430. The van der Waals surface area contributed by atoms with E-state index in [2.05, 4.69) is 4.99 Å². The zero-order valence-electron chi connectivity index (χ0n) is 6.64. The number of carbonyl (C=O) groups excluding carboxylic acids is 1. The molecule has 1 aliphatic heterocycles. The Kier molecular flexibility index (Phi) is 2.18. The number of halogens is 3. The molecule has 2 rings (SSSR count). The van der Waals surface area contributed by atoms with Crippen molar-refractivity contribution in [2.24, 2.45) is 10.7 Å². The first-order valence-corrected chi connectivity index (χ1v) is 4.72. The maximum absolute atomic E-state index is 11.3. The predicted octanol–water partition coefficient (Wildman–Crippen LogP) is 2.51. The van der Waals surface area contributed by atoms with Crippen LogP contribution in [0.15, 0.2) is 11.1 Å². The monoisotopic (exact) mass is 248 g/mol. The average Bonchev–Trinajstić information content (AvgIpc) is 2.38. The molecule has 1 aliphatic rings. The lowest BCUT2D eigenvalue weighted by Crippen LogP contribution is -2.11. The van der Waals surface area contributed by atoms with Crippen LogP contribution in [0.3, 0.4) is 0 Å². The van der Waals surface area contributed by atoms with Crippen LogP contribution in [0.1, 0.15) is 15.9 Å². The van der Waals surface area contributed by atoms with Gasteiger partial charge in [0, 0.05) is 0 Å². The molecular formula is C8H3Cl3N2O. The zero-order chi connectivity index (χ0) is 10.5. The largest absolute Gasteiger partial charge is 0.383 e. The maximum atomic E-state index is 11.3. The summed E-state index contributed by atoms with van der Waals surface area (Å²) in [4.78, 5) is 14.9. The van der Waals surface area contributed by atoms with Gasteiger partial charge in [-0.15, -0.1) is 0 Å². The fourth-order valence-electron chi connectivity index (χ4n) is 1.27. The molecule has 6 heteroatoms. The van der Waals surface area contributed by atoms with Gasteiger partial charge in [0.05, 0.1) is 26.2 Å². The molecule has 0 bridgehead atoms. The number of fused-ring (bicyclic) bond motifs is 1. The lowest BCUT2D eigenvalue weighted by molar-refractivity contribution is 0.101. The highest BCUT2D eigenvalue weighted by Gasteiger charge is 2.28. The van der Waals surface area contributed by atoms with Crippen LogP contribution in [0.25, 0.3) is 0 Å². The first-order valence-electron chi connectivity index (χ1n) is 3.58. The van der Waals surface area contributed by atoms with Crippen molar-refractivity contribution in [1.82, 2.24) is 0 Å². The van der Waals surface area contributed by atoms with E-state index in [0.717, 1.165) is 0 Å². The summed E-state index contributed by atoms with van der Waals surface area (Å²) >= 11 is 17.5. The van der Waals surface area contributed by atoms with Gasteiger partial charge in [-0.1, -0.05) is 34.8 Å². The van der Waals surface area contributed by atoms with Crippen LogP contribution >= 0.6 is 34.8 Å². The first-order chi connectivity index (χ1) is 6.52. The third-order valence-corrected chi connectivity index (χ3v) is 2.95. The minimum atomic E-state index is -0.485. The molecular weight excluding hydrogens is 246 g/mol. The minimum absolute atomic E-state index is 0.0550. The molecule has 0 fully saturated rings. The number of amidine groups is 1. The summed E-state index contributed by atoms with van der Waals surface area (Å²) < 4.78 is 0. The molecule has 72 valence electrons. The third-order valence-electron chi connectivity index (χ3n) is 1.86. The van der Waals surface area contributed by atoms with Crippen molar-refractivity contribution in [1.29, 1.82) is 0 Å². The van der Waals surface area contributed by atoms with E-state index in [1.165, 1.54) is 6.07 Å². The van der Waals surface area contributed by atoms with E-state index in [4.69, 9.17) is 40.5 Å². The van der Waals surface area contributed by atoms with Crippen LogP contribution in [-0.2, 0) is 0 Å². The molecule has 1 aromatic carbocycles. The Bertz CT molecular complexity index is 482. The Morgan fingerprint density at radius 2 is 1.79 bits per heavy atom. The van der Waals surface area contributed by atoms with Gasteiger partial charge >= 0.3 is 0 Å². The Balaban J connectivity index is 2.86. The Morgan fingerprint density at radius 1 is 1.14 bits per heavy atom. The number of nitrogens with zero attached hydrogens (tertiary/aromatic N) is 1. The molecule has 3 nitrogen and oxygen atoms in total. The van der Waals surface area contributed by atoms with Gasteiger partial charge in [-0.25, -0.2) is 0 Å². The van der Waals surface area contributed by atoms with Crippen molar-refractivity contribution in [2.45, 2.75) is 0 Å². The van der Waals surface area contributed by atoms with E-state index in [0.29, 0.717) is 5.56 Å². The minimum Gasteiger partial charge on any atom is -0.383 e. The van der Waals surface area contributed by atoms with Crippen LogP contribution in [0.4, 0.5) is 0 Å². The quantitative estimate of drug-likeness (QED) is 0.718. The zero-order valence-corrected chi connectivity index (χ0v) is 8.91. The predicted molar refractivity (Wildman–Crippen MR) is 56.5 cm³/mol. The molecule has 14 heavy (non-hydrogen) atoms. The van der Waals surface area contributed by atoms with Crippen molar-refractivity contribution in [3.63, 3.8) is 0 Å². The molecule has 0 saturated carbocycles. The normalized spacial score (nSPS) is 14.2. The molecule has 1 amide bonds. The van der Waals surface area contributed by atoms with Crippen LogP contribution < -0.4 is 5.73 Å². The third kappa shape index (κ3) is 1.21. The Morgan fingerprint density at radius 3 is 2.43 bits per heavy atom. The van der Waals surface area contributed by atoms with Crippen molar-refractivity contribution < 1.29 is 4.79 Å². The van der Waals surface area contributed by atoms with Gasteiger partial charge in [0.15, 0.2) is 0 Å². The fraction of sp³-hybridized carbons (Fsp3) is 0. The van der Waals surface area contributed by atoms with Gasteiger partial charge in [0.25, 0.3) is 5.91 Å². The molecule has 0 spiro atoms. The Hall–Kier alpha value is -0.770. The van der Waals surface area contributed by atoms with Crippen molar-refractivity contribution in [3.8, 4) is 0 Å². The van der Waals surface area contributed by atoms with Gasteiger partial charge in [-0.3, -0.25) is 4.79 Å². The van der Waals surface area contributed by atoms with Crippen LogP contribution in [-0.4, -0.2) is 11.7 Å². The number of nitrogens with two attached hydrogens (primary N) is 1. The summed E-state index contributed by atoms with van der Waals surface area (Å²) in [5.41, 5.74) is 6.05. The standard InChI is InChI=1S/C8H3Cl3N2O/c9-2-1-3(10)6(11)5-4(2)8(14)13-7(5)12/h1H,(H2,12,13,14). The second-order valence-corrected chi connectivity index (χ2v) is 3.90. The molecule has 2 N–H and O–H groups in total. The van der Waals surface area contributed by atoms with Crippen molar-refractivity contribution in [2.75, 3.05) is 0 Å². The summed E-state index contributed by atoms with van der Waals surface area (Å²) in [7, 11) is 0. The van der Waals surface area contributed by atoms with Gasteiger partial charge in [0.1, 0.15) is 5.84 Å². The number of hydrogen-bond donors (Lipinski definition) is 1. The van der Waals surface area contributed by atoms with Crippen LogP contribution in [0, 0.1) is 0 Å². The topological polar surface area (TPSA) is 55.4 Å². The van der Waals surface area contributed by atoms with Gasteiger partial charge < -0.3 is 5.73 Å². The smallest absolute Gasteiger partial charge is 0.281 e. The molecule has 1 heterocycles. The number of carbonyl (C=O) groups is 1. The van der Waals surface area contributed by atoms with Crippen molar-refractivity contribution in [3.05, 3.63) is 32.3 Å². The number of hydrogen-bond acceptors (Lipinski definition) is 2. The summed E-state index contributed by atoms with van der Waals surface area (Å²) in [6.45, 7) is 0. The second-order valence-electron chi connectivity index (χ2n) is 2.71.